The molecule has 2 rings (SSSR count). The van der Waals surface area contributed by atoms with Gasteiger partial charge in [0.15, 0.2) is 0 Å². The van der Waals surface area contributed by atoms with Crippen LogP contribution < -0.4 is 11.1 Å². The van der Waals surface area contributed by atoms with Crippen molar-refractivity contribution >= 4 is 11.6 Å². The van der Waals surface area contributed by atoms with Gasteiger partial charge in [-0.25, -0.2) is 4.39 Å². The van der Waals surface area contributed by atoms with Crippen molar-refractivity contribution in [3.05, 3.63) is 29.6 Å². The number of aryl methyl sites for hydroxylation is 1. The quantitative estimate of drug-likeness (QED) is 0.854. The maximum atomic E-state index is 13.4. The number of nitrogens with two attached hydrogens (primary N) is 1. The zero-order chi connectivity index (χ0) is 14.5. The minimum Gasteiger partial charge on any atom is -0.374 e. The van der Waals surface area contributed by atoms with Crippen LogP contribution in [0.15, 0.2) is 18.2 Å². The second kappa shape index (κ2) is 6.78. The van der Waals surface area contributed by atoms with Crippen molar-refractivity contribution in [3.8, 4) is 0 Å². The number of carbonyl (C=O) groups is 1. The fraction of sp³-hybridized carbons (Fsp3) is 0.500. The minimum atomic E-state index is -0.322. The van der Waals surface area contributed by atoms with Crippen molar-refractivity contribution in [1.82, 2.24) is 4.90 Å². The summed E-state index contributed by atoms with van der Waals surface area (Å²) in [5.41, 5.74) is 6.59. The first-order valence-electron chi connectivity index (χ1n) is 6.68. The average Bonchev–Trinajstić information content (AvgIpc) is 2.43. The third-order valence-electron chi connectivity index (χ3n) is 3.31. The van der Waals surface area contributed by atoms with Crippen LogP contribution in [0.25, 0.3) is 0 Å². The Labute approximate surface area is 117 Å². The molecule has 1 aliphatic rings. The van der Waals surface area contributed by atoms with Gasteiger partial charge in [0.05, 0.1) is 19.3 Å². The van der Waals surface area contributed by atoms with Crippen LogP contribution in [0.3, 0.4) is 0 Å². The second-order valence-electron chi connectivity index (χ2n) is 4.98. The molecule has 6 heteroatoms. The van der Waals surface area contributed by atoms with Crippen molar-refractivity contribution in [3.63, 3.8) is 0 Å². The van der Waals surface area contributed by atoms with Gasteiger partial charge in [-0.3, -0.25) is 9.69 Å². The predicted molar refractivity (Wildman–Crippen MR) is 75.0 cm³/mol. The van der Waals surface area contributed by atoms with Gasteiger partial charge in [-0.2, -0.15) is 0 Å². The molecule has 0 bridgehead atoms. The molecule has 3 N–H and O–H groups in total. The first kappa shape index (κ1) is 14.9. The average molecular weight is 281 g/mol. The van der Waals surface area contributed by atoms with Gasteiger partial charge in [-0.15, -0.1) is 0 Å². The van der Waals surface area contributed by atoms with E-state index in [0.29, 0.717) is 37.5 Å². The third kappa shape index (κ3) is 4.00. The van der Waals surface area contributed by atoms with Crippen LogP contribution in [0.2, 0.25) is 0 Å². The zero-order valence-electron chi connectivity index (χ0n) is 11.6. The molecular formula is C14H20FN3O2. The molecule has 1 aliphatic heterocycles. The lowest BCUT2D eigenvalue weighted by atomic mass is 10.2. The molecule has 1 heterocycles. The Hall–Kier alpha value is -1.50. The normalized spacial score (nSPS) is 19.9. The Morgan fingerprint density at radius 1 is 1.60 bits per heavy atom. The number of carbonyl (C=O) groups excluding carboxylic acids is 1. The van der Waals surface area contributed by atoms with Crippen molar-refractivity contribution in [1.29, 1.82) is 0 Å². The second-order valence-corrected chi connectivity index (χ2v) is 4.98. The van der Waals surface area contributed by atoms with Crippen LogP contribution in [0, 0.1) is 12.7 Å². The standard InChI is InChI=1S/C14H20FN3O2/c1-10-2-3-11(6-13(10)15)17-14(19)9-18-4-5-20-12(7-16)8-18/h2-3,6,12H,4-5,7-9,16H2,1H3,(H,17,19). The highest BCUT2D eigenvalue weighted by Crippen LogP contribution is 2.13. The molecule has 1 aromatic carbocycles. The highest BCUT2D eigenvalue weighted by molar-refractivity contribution is 5.92. The molecule has 5 nitrogen and oxygen atoms in total. The smallest absolute Gasteiger partial charge is 0.238 e. The maximum Gasteiger partial charge on any atom is 0.238 e. The summed E-state index contributed by atoms with van der Waals surface area (Å²) in [6.45, 7) is 4.31. The van der Waals surface area contributed by atoms with Crippen molar-refractivity contribution in [2.75, 3.05) is 38.1 Å². The number of rotatable bonds is 4. The summed E-state index contributed by atoms with van der Waals surface area (Å²) in [6.07, 6.45) is -0.0200. The Morgan fingerprint density at radius 2 is 2.40 bits per heavy atom. The molecule has 1 saturated heterocycles. The fourth-order valence-corrected chi connectivity index (χ4v) is 2.14. The highest BCUT2D eigenvalue weighted by atomic mass is 19.1. The predicted octanol–water partition coefficient (Wildman–Crippen LogP) is 0.732. The number of hydrogen-bond acceptors (Lipinski definition) is 4. The van der Waals surface area contributed by atoms with E-state index >= 15 is 0 Å². The van der Waals surface area contributed by atoms with E-state index in [1.165, 1.54) is 6.07 Å². The molecule has 1 amide bonds. The van der Waals surface area contributed by atoms with Crippen LogP contribution in [-0.4, -0.2) is 49.7 Å². The molecule has 0 saturated carbocycles. The van der Waals surface area contributed by atoms with Crippen LogP contribution in [-0.2, 0) is 9.53 Å². The van der Waals surface area contributed by atoms with Crippen LogP contribution in [0.4, 0.5) is 10.1 Å². The van der Waals surface area contributed by atoms with Crippen molar-refractivity contribution in [2.45, 2.75) is 13.0 Å². The van der Waals surface area contributed by atoms with E-state index in [0.717, 1.165) is 0 Å². The van der Waals surface area contributed by atoms with E-state index in [9.17, 15) is 9.18 Å². The summed E-state index contributed by atoms with van der Waals surface area (Å²) < 4.78 is 18.8. The summed E-state index contributed by atoms with van der Waals surface area (Å²) in [5.74, 6) is -0.483. The fourth-order valence-electron chi connectivity index (χ4n) is 2.14. The van der Waals surface area contributed by atoms with E-state index in [4.69, 9.17) is 10.5 Å². The van der Waals surface area contributed by atoms with Crippen LogP contribution in [0.5, 0.6) is 0 Å². The van der Waals surface area contributed by atoms with Gasteiger partial charge in [0, 0.05) is 25.3 Å². The first-order chi connectivity index (χ1) is 9.58. The lowest BCUT2D eigenvalue weighted by molar-refractivity contribution is -0.119. The van der Waals surface area contributed by atoms with Gasteiger partial charge in [0.25, 0.3) is 0 Å². The van der Waals surface area contributed by atoms with Gasteiger partial charge < -0.3 is 15.8 Å². The van der Waals surface area contributed by atoms with E-state index in [2.05, 4.69) is 5.32 Å². The molecule has 1 atom stereocenters. The van der Waals surface area contributed by atoms with E-state index < -0.39 is 0 Å². The number of ether oxygens (including phenoxy) is 1. The Kier molecular flexibility index (Phi) is 5.05. The number of nitrogens with one attached hydrogen (secondary N) is 1. The largest absolute Gasteiger partial charge is 0.374 e. The molecule has 20 heavy (non-hydrogen) atoms. The highest BCUT2D eigenvalue weighted by Gasteiger charge is 2.21. The molecule has 0 spiro atoms. The van der Waals surface area contributed by atoms with Crippen molar-refractivity contribution < 1.29 is 13.9 Å². The molecule has 0 aliphatic carbocycles. The number of hydrogen-bond donors (Lipinski definition) is 2. The van der Waals surface area contributed by atoms with E-state index in [1.807, 2.05) is 4.90 Å². The van der Waals surface area contributed by atoms with Crippen LogP contribution in [0.1, 0.15) is 5.56 Å². The molecule has 1 fully saturated rings. The summed E-state index contributed by atoms with van der Waals surface area (Å²) in [7, 11) is 0. The first-order valence-corrected chi connectivity index (χ1v) is 6.68. The molecule has 0 radical (unpaired) electrons. The summed E-state index contributed by atoms with van der Waals surface area (Å²) in [4.78, 5) is 13.9. The van der Waals surface area contributed by atoms with Gasteiger partial charge in [-0.1, -0.05) is 6.07 Å². The van der Waals surface area contributed by atoms with E-state index in [1.54, 1.807) is 19.1 Å². The van der Waals surface area contributed by atoms with Gasteiger partial charge in [0.1, 0.15) is 5.82 Å². The monoisotopic (exact) mass is 281 g/mol. The number of nitrogens with zero attached hydrogens (tertiary/aromatic N) is 1. The molecular weight excluding hydrogens is 261 g/mol. The Morgan fingerprint density at radius 3 is 3.10 bits per heavy atom. The topological polar surface area (TPSA) is 67.6 Å². The molecule has 1 unspecified atom stereocenters. The minimum absolute atomic E-state index is 0.0200. The van der Waals surface area contributed by atoms with Crippen molar-refractivity contribution in [2.24, 2.45) is 5.73 Å². The third-order valence-corrected chi connectivity index (χ3v) is 3.31. The summed E-state index contributed by atoms with van der Waals surface area (Å²) in [5, 5.41) is 2.70. The van der Waals surface area contributed by atoms with Gasteiger partial charge in [0.2, 0.25) is 5.91 Å². The van der Waals surface area contributed by atoms with Gasteiger partial charge >= 0.3 is 0 Å². The number of amides is 1. The molecule has 0 aromatic heterocycles. The summed E-state index contributed by atoms with van der Waals surface area (Å²) in [6, 6.07) is 4.66. The SMILES string of the molecule is Cc1ccc(NC(=O)CN2CCOC(CN)C2)cc1F. The molecule has 1 aromatic rings. The Bertz CT molecular complexity index is 481. The Balaban J connectivity index is 1.87. The lowest BCUT2D eigenvalue weighted by Gasteiger charge is -2.31. The lowest BCUT2D eigenvalue weighted by Crippen LogP contribution is -2.48. The molecule has 110 valence electrons. The van der Waals surface area contributed by atoms with E-state index in [-0.39, 0.29) is 24.4 Å². The number of anilines is 1. The number of benzene rings is 1. The zero-order valence-corrected chi connectivity index (χ0v) is 11.6. The number of morpholine rings is 1. The summed E-state index contributed by atoms with van der Waals surface area (Å²) >= 11 is 0. The van der Waals surface area contributed by atoms with Gasteiger partial charge in [-0.05, 0) is 24.6 Å². The number of halogens is 1. The maximum absolute atomic E-state index is 13.4. The van der Waals surface area contributed by atoms with Crippen LogP contribution >= 0.6 is 0 Å².